The molecular formula is C17H24FN3O3. The zero-order valence-electron chi connectivity index (χ0n) is 14.3. The third kappa shape index (κ3) is 4.15. The molecule has 2 rings (SSSR count). The van der Waals surface area contributed by atoms with Gasteiger partial charge in [0.25, 0.3) is 0 Å². The summed E-state index contributed by atoms with van der Waals surface area (Å²) in [5.41, 5.74) is 0.482. The number of hydrogen-bond acceptors (Lipinski definition) is 3. The zero-order valence-corrected chi connectivity index (χ0v) is 14.3. The van der Waals surface area contributed by atoms with Crippen molar-refractivity contribution in [1.82, 2.24) is 15.1 Å². The highest BCUT2D eigenvalue weighted by molar-refractivity contribution is 5.75. The summed E-state index contributed by atoms with van der Waals surface area (Å²) in [7, 11) is 3.01. The zero-order chi connectivity index (χ0) is 17.7. The second kappa shape index (κ2) is 7.99. The van der Waals surface area contributed by atoms with Gasteiger partial charge in [-0.25, -0.2) is 14.0 Å². The molecule has 0 bridgehead atoms. The SMILES string of the molecule is COC(=O)N1CCC(NC(=O)N(C)C(C)c2ccccc2F)CC1. The first-order valence-corrected chi connectivity index (χ1v) is 8.04. The second-order valence-electron chi connectivity index (χ2n) is 5.99. The van der Waals surface area contributed by atoms with Crippen molar-refractivity contribution in [1.29, 1.82) is 0 Å². The highest BCUT2D eigenvalue weighted by atomic mass is 19.1. The second-order valence-corrected chi connectivity index (χ2v) is 5.99. The van der Waals surface area contributed by atoms with Crippen LogP contribution in [0.2, 0.25) is 0 Å². The number of ether oxygens (including phenoxy) is 1. The van der Waals surface area contributed by atoms with Gasteiger partial charge >= 0.3 is 12.1 Å². The molecule has 24 heavy (non-hydrogen) atoms. The van der Waals surface area contributed by atoms with Crippen LogP contribution in [0.5, 0.6) is 0 Å². The first-order valence-electron chi connectivity index (χ1n) is 8.04. The summed E-state index contributed by atoms with van der Waals surface area (Å²) in [6.07, 6.45) is 0.996. The van der Waals surface area contributed by atoms with E-state index >= 15 is 0 Å². The first-order chi connectivity index (χ1) is 11.4. The van der Waals surface area contributed by atoms with E-state index in [0.29, 0.717) is 31.5 Å². The first kappa shape index (κ1) is 18.0. The van der Waals surface area contributed by atoms with E-state index in [9.17, 15) is 14.0 Å². The molecule has 132 valence electrons. The van der Waals surface area contributed by atoms with Crippen LogP contribution in [-0.4, -0.2) is 55.2 Å². The molecule has 0 aliphatic carbocycles. The van der Waals surface area contributed by atoms with Gasteiger partial charge in [-0.3, -0.25) is 0 Å². The van der Waals surface area contributed by atoms with E-state index in [1.165, 1.54) is 18.1 Å². The Balaban J connectivity index is 1.88. The van der Waals surface area contributed by atoms with Crippen LogP contribution in [0.15, 0.2) is 24.3 Å². The summed E-state index contributed by atoms with van der Waals surface area (Å²) in [5.74, 6) is -0.323. The van der Waals surface area contributed by atoms with Crippen LogP contribution in [-0.2, 0) is 4.74 Å². The number of amides is 3. The van der Waals surface area contributed by atoms with Gasteiger partial charge in [-0.2, -0.15) is 0 Å². The van der Waals surface area contributed by atoms with E-state index in [1.807, 2.05) is 0 Å². The van der Waals surface area contributed by atoms with Crippen LogP contribution >= 0.6 is 0 Å². The number of urea groups is 1. The van der Waals surface area contributed by atoms with Gasteiger partial charge < -0.3 is 19.9 Å². The molecule has 0 radical (unpaired) electrons. The monoisotopic (exact) mass is 337 g/mol. The molecule has 1 aromatic carbocycles. The molecule has 1 heterocycles. The normalized spacial score (nSPS) is 16.4. The van der Waals surface area contributed by atoms with Gasteiger partial charge in [0.15, 0.2) is 0 Å². The van der Waals surface area contributed by atoms with E-state index in [4.69, 9.17) is 4.74 Å². The lowest BCUT2D eigenvalue weighted by Gasteiger charge is -2.33. The van der Waals surface area contributed by atoms with Crippen molar-refractivity contribution in [2.24, 2.45) is 0 Å². The van der Waals surface area contributed by atoms with Crippen LogP contribution in [0.25, 0.3) is 0 Å². The van der Waals surface area contributed by atoms with E-state index in [-0.39, 0.29) is 30.0 Å². The van der Waals surface area contributed by atoms with Gasteiger partial charge in [-0.15, -0.1) is 0 Å². The smallest absolute Gasteiger partial charge is 0.409 e. The molecule has 1 N–H and O–H groups in total. The minimum atomic E-state index is -0.374. The van der Waals surface area contributed by atoms with E-state index in [1.54, 1.807) is 37.1 Å². The topological polar surface area (TPSA) is 61.9 Å². The molecule has 1 fully saturated rings. The number of rotatable bonds is 3. The number of nitrogens with one attached hydrogen (secondary N) is 1. The molecule has 0 spiro atoms. The predicted octanol–water partition coefficient (Wildman–Crippen LogP) is 2.76. The fraction of sp³-hybridized carbons (Fsp3) is 0.529. The van der Waals surface area contributed by atoms with Gasteiger partial charge in [0.1, 0.15) is 5.82 Å². The van der Waals surface area contributed by atoms with Gasteiger partial charge in [-0.1, -0.05) is 18.2 Å². The van der Waals surface area contributed by atoms with E-state index in [2.05, 4.69) is 5.32 Å². The molecule has 3 amide bonds. The molecule has 0 aromatic heterocycles. The molecule has 1 aliphatic heterocycles. The van der Waals surface area contributed by atoms with Gasteiger partial charge in [0.05, 0.1) is 13.2 Å². The fourth-order valence-electron chi connectivity index (χ4n) is 2.81. The fourth-order valence-corrected chi connectivity index (χ4v) is 2.81. The minimum Gasteiger partial charge on any atom is -0.453 e. The van der Waals surface area contributed by atoms with Crippen molar-refractivity contribution in [3.63, 3.8) is 0 Å². The predicted molar refractivity (Wildman–Crippen MR) is 88.1 cm³/mol. The third-order valence-electron chi connectivity index (χ3n) is 4.51. The molecule has 6 nitrogen and oxygen atoms in total. The lowest BCUT2D eigenvalue weighted by Crippen LogP contribution is -2.49. The highest BCUT2D eigenvalue weighted by Crippen LogP contribution is 2.22. The Kier molecular flexibility index (Phi) is 6.00. The van der Waals surface area contributed by atoms with Crippen molar-refractivity contribution >= 4 is 12.1 Å². The standard InChI is InChI=1S/C17H24FN3O3/c1-12(14-6-4-5-7-15(14)18)20(2)16(22)19-13-8-10-21(11-9-13)17(23)24-3/h4-7,12-13H,8-11H2,1-3H3,(H,19,22). The number of nitrogens with zero attached hydrogens (tertiary/aromatic N) is 2. The third-order valence-corrected chi connectivity index (χ3v) is 4.51. The Morgan fingerprint density at radius 1 is 1.33 bits per heavy atom. The lowest BCUT2D eigenvalue weighted by molar-refractivity contribution is 0.109. The molecule has 1 saturated heterocycles. The number of likely N-dealkylation sites (tertiary alicyclic amines) is 1. The maximum atomic E-state index is 13.9. The summed E-state index contributed by atoms with van der Waals surface area (Å²) in [4.78, 5) is 27.0. The number of carbonyl (C=O) groups is 2. The molecule has 0 saturated carbocycles. The Morgan fingerprint density at radius 2 is 1.96 bits per heavy atom. The van der Waals surface area contributed by atoms with E-state index in [0.717, 1.165) is 0 Å². The van der Waals surface area contributed by atoms with Crippen molar-refractivity contribution in [2.75, 3.05) is 27.2 Å². The number of carbonyl (C=O) groups excluding carboxylic acids is 2. The van der Waals surface area contributed by atoms with Crippen LogP contribution < -0.4 is 5.32 Å². The summed E-state index contributed by atoms with van der Waals surface area (Å²) >= 11 is 0. The van der Waals surface area contributed by atoms with Crippen molar-refractivity contribution in [3.8, 4) is 0 Å². The number of hydrogen-bond donors (Lipinski definition) is 1. The Labute approximate surface area is 141 Å². The maximum Gasteiger partial charge on any atom is 0.409 e. The molecular weight excluding hydrogens is 313 g/mol. The highest BCUT2D eigenvalue weighted by Gasteiger charge is 2.26. The summed E-state index contributed by atoms with van der Waals surface area (Å²) in [5, 5.41) is 2.95. The van der Waals surface area contributed by atoms with Crippen molar-refractivity contribution in [2.45, 2.75) is 31.8 Å². The molecule has 1 aromatic rings. The van der Waals surface area contributed by atoms with Crippen LogP contribution in [0.3, 0.4) is 0 Å². The Morgan fingerprint density at radius 3 is 2.54 bits per heavy atom. The average Bonchev–Trinajstić information content (AvgIpc) is 2.60. The molecule has 1 atom stereocenters. The van der Waals surface area contributed by atoms with Gasteiger partial charge in [0.2, 0.25) is 0 Å². The molecule has 7 heteroatoms. The van der Waals surface area contributed by atoms with Gasteiger partial charge in [-0.05, 0) is 25.8 Å². The van der Waals surface area contributed by atoms with Crippen molar-refractivity contribution < 1.29 is 18.7 Å². The average molecular weight is 337 g/mol. The summed E-state index contributed by atoms with van der Waals surface area (Å²) < 4.78 is 18.6. The molecule has 1 unspecified atom stereocenters. The Bertz CT molecular complexity index is 588. The number of piperidine rings is 1. The molecule has 1 aliphatic rings. The van der Waals surface area contributed by atoms with Crippen LogP contribution in [0, 0.1) is 5.82 Å². The number of methoxy groups -OCH3 is 1. The summed E-state index contributed by atoms with van der Waals surface area (Å²) in [6, 6.07) is 5.82. The largest absolute Gasteiger partial charge is 0.453 e. The number of benzene rings is 1. The maximum absolute atomic E-state index is 13.9. The lowest BCUT2D eigenvalue weighted by atomic mass is 10.1. The Hall–Kier alpha value is -2.31. The van der Waals surface area contributed by atoms with Crippen LogP contribution in [0.1, 0.15) is 31.4 Å². The van der Waals surface area contributed by atoms with Gasteiger partial charge in [0, 0.05) is 31.7 Å². The van der Waals surface area contributed by atoms with E-state index < -0.39 is 0 Å². The van der Waals surface area contributed by atoms with Crippen LogP contribution in [0.4, 0.5) is 14.0 Å². The van der Waals surface area contributed by atoms with Crippen molar-refractivity contribution in [3.05, 3.63) is 35.6 Å². The quantitative estimate of drug-likeness (QED) is 0.922. The summed E-state index contributed by atoms with van der Waals surface area (Å²) in [6.45, 7) is 2.88. The number of halogens is 1. The minimum absolute atomic E-state index is 0.00586.